The molecule has 0 atom stereocenters. The van der Waals surface area contributed by atoms with Crippen LogP contribution < -0.4 is 5.32 Å². The van der Waals surface area contributed by atoms with E-state index in [0.29, 0.717) is 0 Å². The first-order chi connectivity index (χ1) is 11.7. The molecule has 1 aromatic heterocycles. The second kappa shape index (κ2) is 6.11. The molecule has 0 saturated carbocycles. The normalized spacial score (nSPS) is 13.9. The van der Waals surface area contributed by atoms with E-state index in [0.717, 1.165) is 48.6 Å². The third kappa shape index (κ3) is 2.68. The Labute approximate surface area is 141 Å². The highest BCUT2D eigenvalue weighted by molar-refractivity contribution is 5.71. The highest BCUT2D eigenvalue weighted by atomic mass is 19.1. The minimum atomic E-state index is -0.233. The molecule has 2 aromatic carbocycles. The van der Waals surface area contributed by atoms with Gasteiger partial charge in [-0.05, 0) is 56.5 Å². The minimum Gasteiger partial charge on any atom is -0.370 e. The highest BCUT2D eigenvalue weighted by Crippen LogP contribution is 2.34. The summed E-state index contributed by atoms with van der Waals surface area (Å²) in [6.45, 7) is 3.03. The van der Waals surface area contributed by atoms with Gasteiger partial charge in [-0.15, -0.1) is 0 Å². The predicted molar refractivity (Wildman–Crippen MR) is 95.1 cm³/mol. The van der Waals surface area contributed by atoms with Gasteiger partial charge in [0.25, 0.3) is 0 Å². The summed E-state index contributed by atoms with van der Waals surface area (Å²) in [7, 11) is 0. The lowest BCUT2D eigenvalue weighted by molar-refractivity contribution is 0.627. The van der Waals surface area contributed by atoms with Crippen molar-refractivity contribution in [2.75, 3.05) is 11.9 Å². The van der Waals surface area contributed by atoms with Gasteiger partial charge in [-0.3, -0.25) is 0 Å². The standard InChI is InChI=1S/C20H20FN3/c1-14-5-4-6-15(13-14)19-18-7-2-3-12-22-20(18)24(23-19)17-10-8-16(21)9-11-17/h4-6,8-11,13,22H,2-3,7,12H2,1H3. The van der Waals surface area contributed by atoms with Crippen molar-refractivity contribution < 1.29 is 4.39 Å². The van der Waals surface area contributed by atoms with Crippen molar-refractivity contribution in [3.8, 4) is 16.9 Å². The maximum absolute atomic E-state index is 13.3. The average Bonchev–Trinajstić information content (AvgIpc) is 2.77. The molecular formula is C20H20FN3. The number of aromatic nitrogens is 2. The van der Waals surface area contributed by atoms with E-state index in [1.54, 1.807) is 12.1 Å². The van der Waals surface area contributed by atoms with Crippen molar-refractivity contribution in [1.82, 2.24) is 9.78 Å². The zero-order valence-electron chi connectivity index (χ0n) is 13.7. The molecule has 4 rings (SSSR count). The fourth-order valence-corrected chi connectivity index (χ4v) is 3.30. The van der Waals surface area contributed by atoms with E-state index < -0.39 is 0 Å². The van der Waals surface area contributed by atoms with Crippen LogP contribution in [0.1, 0.15) is 24.0 Å². The zero-order chi connectivity index (χ0) is 16.5. The maximum Gasteiger partial charge on any atom is 0.133 e. The van der Waals surface area contributed by atoms with Gasteiger partial charge in [0.2, 0.25) is 0 Å². The number of benzene rings is 2. The number of halogens is 1. The van der Waals surface area contributed by atoms with Gasteiger partial charge < -0.3 is 5.32 Å². The fraction of sp³-hybridized carbons (Fsp3) is 0.250. The molecular weight excluding hydrogens is 301 g/mol. The second-order valence-electron chi connectivity index (χ2n) is 6.32. The third-order valence-electron chi connectivity index (χ3n) is 4.49. The summed E-state index contributed by atoms with van der Waals surface area (Å²) in [6.07, 6.45) is 3.30. The SMILES string of the molecule is Cc1cccc(-c2nn(-c3ccc(F)cc3)c3c2CCCCN3)c1. The largest absolute Gasteiger partial charge is 0.370 e. The van der Waals surface area contributed by atoms with Gasteiger partial charge in [-0.2, -0.15) is 5.10 Å². The molecule has 0 bridgehead atoms. The molecule has 0 radical (unpaired) electrons. The topological polar surface area (TPSA) is 29.9 Å². The molecule has 2 heterocycles. The van der Waals surface area contributed by atoms with Crippen LogP contribution in [-0.2, 0) is 6.42 Å². The Bertz CT molecular complexity index is 865. The lowest BCUT2D eigenvalue weighted by atomic mass is 10.0. The van der Waals surface area contributed by atoms with Gasteiger partial charge >= 0.3 is 0 Å². The number of hydrogen-bond acceptors (Lipinski definition) is 2. The van der Waals surface area contributed by atoms with Crippen molar-refractivity contribution in [3.63, 3.8) is 0 Å². The molecule has 0 unspecified atom stereocenters. The Morgan fingerprint density at radius 3 is 2.71 bits per heavy atom. The van der Waals surface area contributed by atoms with Crippen LogP contribution in [0.5, 0.6) is 0 Å². The van der Waals surface area contributed by atoms with Crippen LogP contribution in [0.2, 0.25) is 0 Å². The van der Waals surface area contributed by atoms with E-state index in [-0.39, 0.29) is 5.82 Å². The third-order valence-corrected chi connectivity index (χ3v) is 4.49. The molecule has 24 heavy (non-hydrogen) atoms. The van der Waals surface area contributed by atoms with E-state index >= 15 is 0 Å². The summed E-state index contributed by atoms with van der Waals surface area (Å²) in [5.41, 5.74) is 5.51. The van der Waals surface area contributed by atoms with Crippen molar-refractivity contribution in [2.24, 2.45) is 0 Å². The molecule has 0 amide bonds. The monoisotopic (exact) mass is 321 g/mol. The van der Waals surface area contributed by atoms with Gasteiger partial charge in [0.15, 0.2) is 0 Å². The first-order valence-electron chi connectivity index (χ1n) is 8.41. The first-order valence-corrected chi connectivity index (χ1v) is 8.41. The fourth-order valence-electron chi connectivity index (χ4n) is 3.30. The Balaban J connectivity index is 1.90. The van der Waals surface area contributed by atoms with E-state index in [9.17, 15) is 4.39 Å². The van der Waals surface area contributed by atoms with Gasteiger partial charge in [0.1, 0.15) is 11.6 Å². The average molecular weight is 321 g/mol. The Morgan fingerprint density at radius 1 is 1.08 bits per heavy atom. The molecule has 3 aromatic rings. The summed E-state index contributed by atoms with van der Waals surface area (Å²) < 4.78 is 15.2. The number of aryl methyl sites for hydroxylation is 1. The number of hydrogen-bond donors (Lipinski definition) is 1. The quantitative estimate of drug-likeness (QED) is 0.739. The molecule has 0 saturated heterocycles. The van der Waals surface area contributed by atoms with Crippen LogP contribution >= 0.6 is 0 Å². The van der Waals surface area contributed by atoms with Gasteiger partial charge in [-0.25, -0.2) is 9.07 Å². The lowest BCUT2D eigenvalue weighted by Crippen LogP contribution is -2.07. The summed E-state index contributed by atoms with van der Waals surface area (Å²) in [5, 5.41) is 8.39. The summed E-state index contributed by atoms with van der Waals surface area (Å²) in [6, 6.07) is 14.9. The van der Waals surface area contributed by atoms with Crippen molar-refractivity contribution in [1.29, 1.82) is 0 Å². The molecule has 1 aliphatic rings. The van der Waals surface area contributed by atoms with E-state index in [4.69, 9.17) is 5.10 Å². The lowest BCUT2D eigenvalue weighted by Gasteiger charge is -2.09. The van der Waals surface area contributed by atoms with Crippen LogP contribution in [0.3, 0.4) is 0 Å². The van der Waals surface area contributed by atoms with E-state index in [2.05, 4.69) is 36.5 Å². The minimum absolute atomic E-state index is 0.233. The number of nitrogens with zero attached hydrogens (tertiary/aromatic N) is 2. The van der Waals surface area contributed by atoms with E-state index in [1.165, 1.54) is 23.3 Å². The van der Waals surface area contributed by atoms with Gasteiger partial charge in [0, 0.05) is 17.7 Å². The van der Waals surface area contributed by atoms with Crippen molar-refractivity contribution in [2.45, 2.75) is 26.2 Å². The van der Waals surface area contributed by atoms with Crippen LogP contribution in [0.15, 0.2) is 48.5 Å². The second-order valence-corrected chi connectivity index (χ2v) is 6.32. The molecule has 4 heteroatoms. The number of rotatable bonds is 2. The molecule has 1 N–H and O–H groups in total. The predicted octanol–water partition coefficient (Wildman–Crippen LogP) is 4.74. The zero-order valence-corrected chi connectivity index (χ0v) is 13.7. The van der Waals surface area contributed by atoms with Crippen LogP contribution in [0.4, 0.5) is 10.2 Å². The maximum atomic E-state index is 13.3. The molecule has 3 nitrogen and oxygen atoms in total. The van der Waals surface area contributed by atoms with Gasteiger partial charge in [0.05, 0.1) is 11.4 Å². The molecule has 0 aliphatic carbocycles. The van der Waals surface area contributed by atoms with Crippen LogP contribution in [0, 0.1) is 12.7 Å². The van der Waals surface area contributed by atoms with Gasteiger partial charge in [-0.1, -0.05) is 23.8 Å². The Kier molecular flexibility index (Phi) is 3.81. The van der Waals surface area contributed by atoms with Crippen LogP contribution in [0.25, 0.3) is 16.9 Å². The number of anilines is 1. The smallest absolute Gasteiger partial charge is 0.133 e. The summed E-state index contributed by atoms with van der Waals surface area (Å²) in [4.78, 5) is 0. The molecule has 0 spiro atoms. The highest BCUT2D eigenvalue weighted by Gasteiger charge is 2.21. The number of nitrogens with one attached hydrogen (secondary N) is 1. The van der Waals surface area contributed by atoms with Crippen molar-refractivity contribution in [3.05, 3.63) is 65.5 Å². The molecule has 0 fully saturated rings. The molecule has 122 valence electrons. The summed E-state index contributed by atoms with van der Waals surface area (Å²) >= 11 is 0. The molecule has 1 aliphatic heterocycles. The Morgan fingerprint density at radius 2 is 1.92 bits per heavy atom. The van der Waals surface area contributed by atoms with Crippen molar-refractivity contribution >= 4 is 5.82 Å². The van der Waals surface area contributed by atoms with Crippen LogP contribution in [-0.4, -0.2) is 16.3 Å². The number of fused-ring (bicyclic) bond motifs is 1. The Hall–Kier alpha value is -2.62. The first kappa shape index (κ1) is 14.9. The summed E-state index contributed by atoms with van der Waals surface area (Å²) in [5.74, 6) is 0.805. The van der Waals surface area contributed by atoms with E-state index in [1.807, 2.05) is 4.68 Å².